The Bertz CT molecular complexity index is 7290. The van der Waals surface area contributed by atoms with E-state index < -0.39 is 126 Å². The Hall–Kier alpha value is -13.2. The Kier molecular flexibility index (Phi) is 26.2. The summed E-state index contributed by atoms with van der Waals surface area (Å²) in [5, 5.41) is 1.94. The van der Waals surface area contributed by atoms with Crippen molar-refractivity contribution in [3.63, 3.8) is 0 Å². The van der Waals surface area contributed by atoms with E-state index in [1.807, 2.05) is 58.3 Å². The highest BCUT2D eigenvalue weighted by atomic mass is 35.5. The molecule has 3 fully saturated rings. The number of rotatable bonds is 12. The maximum absolute atomic E-state index is 17.1. The summed E-state index contributed by atoms with van der Waals surface area (Å²) < 4.78 is 107. The minimum atomic E-state index is -1.12. The number of pyridine rings is 6. The van der Waals surface area contributed by atoms with Gasteiger partial charge in [-0.3, -0.25) is 34.1 Å². The number of likely N-dealkylation sites (N-methyl/N-ethyl adjacent to an activating group) is 1. The standard InChI is InChI=1S/C32H30Cl2F2N8O3.C31H30Cl2F2N8O2.C30H27Cl2F2N7O3/c1-7-19(45)42-12-18-31(46)41(6)28-21-29(43(18)11-15(42)5)40-32(47)44(27-14(4)8-9-38-25(27)13(2)3)30(21)39-26(23(28)36)20-22(35)16(33)10-17(34)24(20)37;1-5-19(44)41-10-11-42-16(13-41)7-9-38-26-21-29(42)40-31(45)43(28-15(4)6-8-37-25(28)14(2)3)30(21)39-27(23(26)35)20-22(34)17(32)12-18(33)24(20)36;1-5-18(42)39-8-9-40-15(11-39)12-44-27-20-28(40)38-30(43)41(26-14(4)6-7-36-24(26)13(2)3)29(20)37-25(22(27)34)19-21(33)16(31)10-17(32)23(19)35/h7-10,13,15,18H,1,11-12,37H2,2-6H3;5-6,8,12,14,16,38H,1,7,9-11,13,36H2,2-4H3;5-7,10,13,15H,1,8-9,11-12,35H2,2-4H3. The van der Waals surface area contributed by atoms with Crippen molar-refractivity contribution in [3.05, 3.63) is 223 Å². The van der Waals surface area contributed by atoms with Crippen LogP contribution in [0.4, 0.5) is 72.2 Å². The predicted octanol–water partition coefficient (Wildman–Crippen LogP) is 15.5. The number of piperazine rings is 3. The van der Waals surface area contributed by atoms with Gasteiger partial charge in [0.1, 0.15) is 52.6 Å². The number of fused-ring (bicyclic) bond motifs is 6. The zero-order valence-electron chi connectivity index (χ0n) is 74.9. The Morgan fingerprint density at radius 2 is 0.860 bits per heavy atom. The minimum absolute atomic E-state index is 0.0142. The van der Waals surface area contributed by atoms with Gasteiger partial charge >= 0.3 is 17.1 Å². The maximum Gasteiger partial charge on any atom is 0.355 e. The van der Waals surface area contributed by atoms with Crippen LogP contribution in [0.5, 0.6) is 5.75 Å². The number of nitrogens with two attached hydrogens (primary N) is 3. The summed E-state index contributed by atoms with van der Waals surface area (Å²) in [4.78, 5) is 146. The number of carbonyl (C=O) groups is 4. The van der Waals surface area contributed by atoms with Gasteiger partial charge in [0.05, 0.1) is 133 Å². The number of nitrogens with zero attached hydrogens (tertiary/aromatic N) is 19. The second kappa shape index (κ2) is 37.1. The molecule has 3 aromatic carbocycles. The van der Waals surface area contributed by atoms with Crippen molar-refractivity contribution in [2.75, 3.05) is 115 Å². The van der Waals surface area contributed by atoms with Crippen LogP contribution in [0, 0.1) is 55.7 Å². The number of aryl methyl sites for hydroxylation is 3. The largest absolute Gasteiger partial charge is 0.487 e. The van der Waals surface area contributed by atoms with Crippen LogP contribution >= 0.6 is 69.6 Å². The number of anilines is 8. The monoisotopic (exact) mass is 1980 g/mol. The molecule has 15 heterocycles. The molecule has 136 heavy (non-hydrogen) atoms. The third-order valence-corrected chi connectivity index (χ3v) is 26.7. The molecule has 18 rings (SSSR count). The number of nitrogens with one attached hydrogen (secondary N) is 1. The molecular formula is C93H87Cl6F6N23O8. The fraction of sp³-hybridized carbons (Fsp3) is 0.312. The molecule has 706 valence electrons. The van der Waals surface area contributed by atoms with Crippen molar-refractivity contribution >= 4 is 172 Å². The Morgan fingerprint density at radius 1 is 0.478 bits per heavy atom. The van der Waals surface area contributed by atoms with Crippen molar-refractivity contribution in [2.24, 2.45) is 0 Å². The fourth-order valence-electron chi connectivity index (χ4n) is 18.3. The molecule has 6 aliphatic heterocycles. The van der Waals surface area contributed by atoms with Crippen LogP contribution in [0.15, 0.2) is 107 Å². The zero-order chi connectivity index (χ0) is 98.1. The Labute approximate surface area is 802 Å². The molecule has 43 heteroatoms. The molecule has 4 amide bonds. The number of benzene rings is 3. The lowest BCUT2D eigenvalue weighted by molar-refractivity contribution is -0.131. The number of aromatic nitrogens is 12. The molecule has 6 aliphatic rings. The molecule has 4 atom stereocenters. The van der Waals surface area contributed by atoms with Gasteiger partial charge in [0.15, 0.2) is 57.6 Å². The van der Waals surface area contributed by atoms with E-state index in [4.69, 9.17) is 91.5 Å². The summed E-state index contributed by atoms with van der Waals surface area (Å²) in [5.74, 6) is -8.09. The molecule has 0 spiro atoms. The second-order valence-corrected chi connectivity index (χ2v) is 36.8. The molecule has 12 aromatic rings. The zero-order valence-corrected chi connectivity index (χ0v) is 79.4. The van der Waals surface area contributed by atoms with E-state index in [0.29, 0.717) is 83.4 Å². The minimum Gasteiger partial charge on any atom is -0.487 e. The van der Waals surface area contributed by atoms with Crippen LogP contribution in [-0.4, -0.2) is 194 Å². The van der Waals surface area contributed by atoms with Crippen LogP contribution in [0.25, 0.3) is 83.9 Å². The fourth-order valence-corrected chi connectivity index (χ4v) is 19.7. The van der Waals surface area contributed by atoms with E-state index in [1.165, 1.54) is 37.8 Å². The van der Waals surface area contributed by atoms with Crippen molar-refractivity contribution in [1.82, 2.24) is 73.3 Å². The van der Waals surface area contributed by atoms with Crippen LogP contribution in [0.2, 0.25) is 30.1 Å². The lowest BCUT2D eigenvalue weighted by Crippen LogP contribution is -2.63. The van der Waals surface area contributed by atoms with Gasteiger partial charge in [-0.25, -0.2) is 69.4 Å². The molecule has 9 aromatic heterocycles. The number of hydrogen-bond donors (Lipinski definition) is 4. The quantitative estimate of drug-likeness (QED) is 0.0382. The first-order valence-electron chi connectivity index (χ1n) is 42.9. The van der Waals surface area contributed by atoms with E-state index in [9.17, 15) is 33.6 Å². The van der Waals surface area contributed by atoms with Gasteiger partial charge in [-0.2, -0.15) is 15.0 Å². The van der Waals surface area contributed by atoms with Gasteiger partial charge in [-0.15, -0.1) is 0 Å². The SMILES string of the molecule is C=CC(=O)N1CC2C(=O)N(C)c3c(F)c(-c4c(N)c(Cl)cc(Cl)c4F)nc4c3c(nc(=O)n4-c3c(C)ccnc3C(C)C)N2CC1C.C=CC(=O)N1CCN2c3nc(=O)n(-c4c(C)ccnc4C(C)C)c4nc(-c5c(N)c(Cl)cc(Cl)c5F)c(F)c(c34)NCCC2C1.C=CC(=O)N1CCN2c3nc(=O)n(-c4c(C)ccnc4C(C)C)c4nc(-c5c(N)c(Cl)cc(Cl)c5F)c(F)c(c34)OCC2C1. The lowest BCUT2D eigenvalue weighted by atomic mass is 10.0. The number of nitrogen functional groups attached to an aromatic ring is 3. The van der Waals surface area contributed by atoms with Crippen LogP contribution in [0.3, 0.4) is 0 Å². The first-order valence-corrected chi connectivity index (χ1v) is 45.2. The molecule has 31 nitrogen and oxygen atoms in total. The third kappa shape index (κ3) is 16.1. The van der Waals surface area contributed by atoms with E-state index in [2.05, 4.69) is 69.9 Å². The van der Waals surface area contributed by atoms with Crippen molar-refractivity contribution in [2.45, 2.75) is 118 Å². The van der Waals surface area contributed by atoms with E-state index in [-0.39, 0.29) is 180 Å². The molecule has 0 aliphatic carbocycles. The van der Waals surface area contributed by atoms with Crippen LogP contribution in [0.1, 0.15) is 106 Å². The molecule has 0 bridgehead atoms. The first-order chi connectivity index (χ1) is 64.6. The molecule has 4 unspecified atom stereocenters. The Morgan fingerprint density at radius 3 is 1.29 bits per heavy atom. The number of hydrogen-bond acceptors (Lipinski definition) is 24. The highest BCUT2D eigenvalue weighted by molar-refractivity contribution is 6.39. The van der Waals surface area contributed by atoms with E-state index in [0.717, 1.165) is 29.2 Å². The average Bonchev–Trinajstić information content (AvgIpc) is 1.38. The topological polar surface area (TPSA) is 372 Å². The van der Waals surface area contributed by atoms with Crippen molar-refractivity contribution in [1.29, 1.82) is 0 Å². The van der Waals surface area contributed by atoms with E-state index >= 15 is 26.3 Å². The summed E-state index contributed by atoms with van der Waals surface area (Å²) in [6.45, 7) is 31.4. The highest BCUT2D eigenvalue weighted by Crippen LogP contribution is 2.51. The number of carbonyl (C=O) groups excluding carboxylic acids is 4. The second-order valence-electron chi connectivity index (χ2n) is 34.3. The summed E-state index contributed by atoms with van der Waals surface area (Å²) >= 11 is 37.1. The van der Waals surface area contributed by atoms with Crippen LogP contribution in [-0.2, 0) is 19.2 Å². The summed E-state index contributed by atoms with van der Waals surface area (Å²) in [6.07, 6.45) is 8.98. The van der Waals surface area contributed by atoms with Gasteiger partial charge in [0.25, 0.3) is 5.91 Å². The average molecular weight is 1980 g/mol. The normalized spacial score (nSPS) is 16.8. The molecule has 0 radical (unpaired) electrons. The summed E-state index contributed by atoms with van der Waals surface area (Å²) in [6, 6.07) is 6.27. The van der Waals surface area contributed by atoms with Crippen molar-refractivity contribution in [3.8, 4) is 56.6 Å². The van der Waals surface area contributed by atoms with Gasteiger partial charge in [-0.1, -0.05) is 131 Å². The predicted molar refractivity (Wildman–Crippen MR) is 515 cm³/mol. The maximum atomic E-state index is 17.1. The highest BCUT2D eigenvalue weighted by Gasteiger charge is 2.47. The number of ether oxygens (including phenoxy) is 1. The van der Waals surface area contributed by atoms with Crippen LogP contribution < -0.4 is 63.9 Å². The molecule has 0 saturated carbocycles. The lowest BCUT2D eigenvalue weighted by Gasteiger charge is -2.44. The van der Waals surface area contributed by atoms with Gasteiger partial charge in [0, 0.05) is 90.1 Å². The van der Waals surface area contributed by atoms with Crippen molar-refractivity contribution < 1.29 is 50.3 Å². The first kappa shape index (κ1) is 95.9. The van der Waals surface area contributed by atoms with Gasteiger partial charge in [0.2, 0.25) is 17.7 Å². The summed E-state index contributed by atoms with van der Waals surface area (Å²) in [7, 11) is 1.35. The molecule has 3 saturated heterocycles. The molecular weight excluding hydrogens is 1890 g/mol. The number of halogens is 12. The smallest absolute Gasteiger partial charge is 0.355 e. The Balaban J connectivity index is 0.000000148. The van der Waals surface area contributed by atoms with Gasteiger partial charge in [-0.05, 0) is 123 Å². The molecule has 7 N–H and O–H groups in total. The summed E-state index contributed by atoms with van der Waals surface area (Å²) in [5.41, 5.74) is 16.7. The number of amides is 4. The third-order valence-electron chi connectivity index (χ3n) is 25.0. The van der Waals surface area contributed by atoms with Gasteiger partial charge < -0.3 is 61.6 Å². The van der Waals surface area contributed by atoms with E-state index in [1.54, 1.807) is 72.3 Å².